The van der Waals surface area contributed by atoms with Gasteiger partial charge in [-0.1, -0.05) is 26.2 Å². The first-order chi connectivity index (χ1) is 10.7. The molecule has 1 saturated carbocycles. The van der Waals surface area contributed by atoms with E-state index in [1.165, 1.54) is 32.1 Å². The van der Waals surface area contributed by atoms with Crippen molar-refractivity contribution < 1.29 is 0 Å². The van der Waals surface area contributed by atoms with Gasteiger partial charge >= 0.3 is 0 Å². The first kappa shape index (κ1) is 16.8. The molecule has 0 atom stereocenters. The van der Waals surface area contributed by atoms with Crippen molar-refractivity contribution in [2.75, 3.05) is 13.1 Å². The molecule has 124 valence electrons. The van der Waals surface area contributed by atoms with Gasteiger partial charge in [0.15, 0.2) is 5.96 Å². The molecule has 0 spiro atoms. The van der Waals surface area contributed by atoms with Crippen LogP contribution in [0.2, 0.25) is 0 Å². The van der Waals surface area contributed by atoms with Crippen LogP contribution >= 0.6 is 0 Å². The summed E-state index contributed by atoms with van der Waals surface area (Å²) in [4.78, 5) is 8.81. The summed E-state index contributed by atoms with van der Waals surface area (Å²) in [6.07, 6.45) is 8.35. The topological polar surface area (TPSA) is 67.1 Å². The van der Waals surface area contributed by atoms with Crippen molar-refractivity contribution in [3.05, 3.63) is 12.2 Å². The second-order valence-electron chi connectivity index (χ2n) is 6.17. The van der Waals surface area contributed by atoms with Crippen LogP contribution < -0.4 is 10.6 Å². The summed E-state index contributed by atoms with van der Waals surface area (Å²) in [5.74, 6) is 3.49. The first-order valence-corrected chi connectivity index (χ1v) is 8.58. The fourth-order valence-electron chi connectivity index (χ4n) is 3.04. The van der Waals surface area contributed by atoms with Gasteiger partial charge in [0.1, 0.15) is 18.7 Å². The van der Waals surface area contributed by atoms with Gasteiger partial charge in [0.25, 0.3) is 0 Å². The lowest BCUT2D eigenvalue weighted by molar-refractivity contribution is 0.269. The molecule has 1 aromatic rings. The fourth-order valence-corrected chi connectivity index (χ4v) is 3.04. The molecule has 0 amide bonds. The van der Waals surface area contributed by atoms with E-state index >= 15 is 0 Å². The zero-order valence-electron chi connectivity index (χ0n) is 14.2. The molecule has 1 fully saturated rings. The van der Waals surface area contributed by atoms with Crippen molar-refractivity contribution in [2.24, 2.45) is 23.9 Å². The van der Waals surface area contributed by atoms with Crippen LogP contribution in [0.3, 0.4) is 0 Å². The van der Waals surface area contributed by atoms with Crippen molar-refractivity contribution in [3.8, 4) is 0 Å². The molecule has 0 bridgehead atoms. The van der Waals surface area contributed by atoms with Crippen LogP contribution in [0.25, 0.3) is 0 Å². The summed E-state index contributed by atoms with van der Waals surface area (Å²) in [5, 5.41) is 10.9. The predicted octanol–water partition coefficient (Wildman–Crippen LogP) is 2.09. The van der Waals surface area contributed by atoms with E-state index in [1.54, 1.807) is 11.0 Å². The van der Waals surface area contributed by atoms with E-state index in [4.69, 9.17) is 0 Å². The highest BCUT2D eigenvalue weighted by atomic mass is 15.3. The predicted molar refractivity (Wildman–Crippen MR) is 89.6 cm³/mol. The van der Waals surface area contributed by atoms with E-state index in [2.05, 4.69) is 39.6 Å². The Morgan fingerprint density at radius 1 is 1.23 bits per heavy atom. The molecule has 0 radical (unpaired) electrons. The maximum Gasteiger partial charge on any atom is 0.191 e. The molecular weight excluding hydrogens is 276 g/mol. The normalized spacial score (nSPS) is 22.6. The number of aryl methyl sites for hydroxylation is 1. The second kappa shape index (κ2) is 8.76. The molecule has 0 aliphatic heterocycles. The Hall–Kier alpha value is -1.59. The lowest BCUT2D eigenvalue weighted by Gasteiger charge is -2.28. The molecule has 0 saturated heterocycles. The van der Waals surface area contributed by atoms with E-state index in [-0.39, 0.29) is 0 Å². The van der Waals surface area contributed by atoms with E-state index in [9.17, 15) is 0 Å². The Labute approximate surface area is 133 Å². The molecule has 6 heteroatoms. The van der Waals surface area contributed by atoms with Gasteiger partial charge in [-0.25, -0.2) is 9.98 Å². The van der Waals surface area contributed by atoms with Crippen LogP contribution in [-0.4, -0.2) is 33.8 Å². The maximum absolute atomic E-state index is 4.60. The monoisotopic (exact) mass is 306 g/mol. The maximum atomic E-state index is 4.60. The Bertz CT molecular complexity index is 459. The Morgan fingerprint density at radius 2 is 1.95 bits per heavy atom. The van der Waals surface area contributed by atoms with E-state index in [0.29, 0.717) is 6.54 Å². The third-order valence-corrected chi connectivity index (χ3v) is 4.63. The third-order valence-electron chi connectivity index (χ3n) is 4.63. The fraction of sp³-hybridized carbons (Fsp3) is 0.812. The summed E-state index contributed by atoms with van der Waals surface area (Å²) >= 11 is 0. The second-order valence-corrected chi connectivity index (χ2v) is 6.17. The summed E-state index contributed by atoms with van der Waals surface area (Å²) in [6, 6.07) is 0. The van der Waals surface area contributed by atoms with Crippen molar-refractivity contribution in [1.82, 2.24) is 25.4 Å². The molecule has 1 aliphatic carbocycles. The minimum absolute atomic E-state index is 0.550. The number of rotatable bonds is 6. The van der Waals surface area contributed by atoms with E-state index in [1.807, 2.05) is 7.05 Å². The lowest BCUT2D eigenvalue weighted by atomic mass is 9.81. The molecule has 0 unspecified atom stereocenters. The minimum Gasteiger partial charge on any atom is -0.357 e. The molecule has 1 aliphatic rings. The first-order valence-electron chi connectivity index (χ1n) is 8.58. The molecule has 0 aromatic carbocycles. The van der Waals surface area contributed by atoms with Crippen LogP contribution in [0.5, 0.6) is 0 Å². The summed E-state index contributed by atoms with van der Waals surface area (Å²) in [5.41, 5.74) is 0. The smallest absolute Gasteiger partial charge is 0.191 e. The van der Waals surface area contributed by atoms with Crippen molar-refractivity contribution in [3.63, 3.8) is 0 Å². The molecule has 1 heterocycles. The summed E-state index contributed by atoms with van der Waals surface area (Å²) in [6.45, 7) is 6.83. The molecule has 22 heavy (non-hydrogen) atoms. The average Bonchev–Trinajstić information content (AvgIpc) is 2.96. The largest absolute Gasteiger partial charge is 0.357 e. The Morgan fingerprint density at radius 3 is 2.55 bits per heavy atom. The van der Waals surface area contributed by atoms with Gasteiger partial charge in [0.2, 0.25) is 0 Å². The minimum atomic E-state index is 0.550. The summed E-state index contributed by atoms with van der Waals surface area (Å²) in [7, 11) is 1.89. The van der Waals surface area contributed by atoms with Crippen LogP contribution in [0.1, 0.15) is 51.8 Å². The quantitative estimate of drug-likeness (QED) is 0.624. The number of hydrogen-bond acceptors (Lipinski definition) is 3. The van der Waals surface area contributed by atoms with Gasteiger partial charge in [-0.15, -0.1) is 0 Å². The number of nitrogens with zero attached hydrogens (tertiary/aromatic N) is 4. The number of aliphatic imine (C=N–C) groups is 1. The van der Waals surface area contributed by atoms with E-state index in [0.717, 1.165) is 36.7 Å². The SMILES string of the molecule is CCNC(=NCc1ncnn1C)NCC1CCC(CC)CC1. The van der Waals surface area contributed by atoms with Gasteiger partial charge < -0.3 is 10.6 Å². The van der Waals surface area contributed by atoms with Gasteiger partial charge in [0.05, 0.1) is 0 Å². The number of hydrogen-bond donors (Lipinski definition) is 2. The van der Waals surface area contributed by atoms with Gasteiger partial charge in [-0.05, 0) is 31.6 Å². The average molecular weight is 306 g/mol. The molecule has 2 rings (SSSR count). The van der Waals surface area contributed by atoms with Gasteiger partial charge in [0, 0.05) is 20.1 Å². The highest BCUT2D eigenvalue weighted by Crippen LogP contribution is 2.29. The zero-order chi connectivity index (χ0) is 15.8. The number of guanidine groups is 1. The van der Waals surface area contributed by atoms with E-state index < -0.39 is 0 Å². The standard InChI is InChI=1S/C16H30N6/c1-4-13-6-8-14(9-7-13)10-18-16(17-5-2)19-11-15-20-12-21-22(15)3/h12-14H,4-11H2,1-3H3,(H2,17,18,19). The van der Waals surface area contributed by atoms with Crippen LogP contribution in [0.15, 0.2) is 11.3 Å². The van der Waals surface area contributed by atoms with Crippen LogP contribution in [0, 0.1) is 11.8 Å². The van der Waals surface area contributed by atoms with Crippen molar-refractivity contribution in [1.29, 1.82) is 0 Å². The van der Waals surface area contributed by atoms with Crippen LogP contribution in [0.4, 0.5) is 0 Å². The Kier molecular flexibility index (Phi) is 6.68. The van der Waals surface area contributed by atoms with Gasteiger partial charge in [-0.3, -0.25) is 4.68 Å². The Balaban J connectivity index is 1.80. The molecule has 6 nitrogen and oxygen atoms in total. The molecule has 1 aromatic heterocycles. The molecule has 2 N–H and O–H groups in total. The zero-order valence-corrected chi connectivity index (χ0v) is 14.2. The van der Waals surface area contributed by atoms with Crippen LogP contribution in [-0.2, 0) is 13.6 Å². The van der Waals surface area contributed by atoms with Crippen molar-refractivity contribution in [2.45, 2.75) is 52.5 Å². The molecular formula is C16H30N6. The summed E-state index contributed by atoms with van der Waals surface area (Å²) < 4.78 is 1.76. The van der Waals surface area contributed by atoms with Gasteiger partial charge in [-0.2, -0.15) is 5.10 Å². The lowest BCUT2D eigenvalue weighted by Crippen LogP contribution is -2.40. The third kappa shape index (κ3) is 5.00. The van der Waals surface area contributed by atoms with Crippen molar-refractivity contribution >= 4 is 5.96 Å². The highest BCUT2D eigenvalue weighted by molar-refractivity contribution is 5.79. The number of aromatic nitrogens is 3. The highest BCUT2D eigenvalue weighted by Gasteiger charge is 2.19. The number of nitrogens with one attached hydrogen (secondary N) is 2.